The second-order valence-electron chi connectivity index (χ2n) is 5.26. The molecule has 0 aliphatic rings. The molecule has 0 heterocycles. The highest BCUT2D eigenvalue weighted by Crippen LogP contribution is 2.16. The fourth-order valence-electron chi connectivity index (χ4n) is 1.95. The summed E-state index contributed by atoms with van der Waals surface area (Å²) >= 11 is 0. The van der Waals surface area contributed by atoms with Crippen molar-refractivity contribution in [3.63, 3.8) is 0 Å². The van der Waals surface area contributed by atoms with Gasteiger partial charge >= 0.3 is 0 Å². The Kier molecular flexibility index (Phi) is 10.8. The zero-order chi connectivity index (χ0) is 16.8. The number of benzene rings is 1. The molecule has 0 aliphatic heterocycles. The van der Waals surface area contributed by atoms with Crippen LogP contribution >= 0.6 is 0 Å². The predicted octanol–water partition coefficient (Wildman–Crippen LogP) is 4.50. The van der Waals surface area contributed by atoms with E-state index < -0.39 is 5.79 Å². The number of aliphatic hydroxyl groups is 1. The van der Waals surface area contributed by atoms with Gasteiger partial charge in [-0.3, -0.25) is 0 Å². The van der Waals surface area contributed by atoms with E-state index in [1.54, 1.807) is 19.9 Å². The first-order chi connectivity index (χ1) is 10.5. The molecule has 1 aromatic rings. The van der Waals surface area contributed by atoms with E-state index in [0.29, 0.717) is 0 Å². The molecule has 0 spiro atoms. The Morgan fingerprint density at radius 1 is 1.23 bits per heavy atom. The molecule has 2 heteroatoms. The molecule has 0 radical (unpaired) electrons. The first kappa shape index (κ1) is 20.2. The summed E-state index contributed by atoms with van der Waals surface area (Å²) < 4.78 is 5.72. The second-order valence-corrected chi connectivity index (χ2v) is 5.26. The van der Waals surface area contributed by atoms with Gasteiger partial charge in [0.25, 0.3) is 0 Å². The van der Waals surface area contributed by atoms with Crippen molar-refractivity contribution in [1.82, 2.24) is 0 Å². The molecular formula is C20H28O2. The summed E-state index contributed by atoms with van der Waals surface area (Å²) in [7, 11) is 0. The zero-order valence-corrected chi connectivity index (χ0v) is 13.8. The molecule has 0 amide bonds. The van der Waals surface area contributed by atoms with Gasteiger partial charge in [0.2, 0.25) is 0 Å². The minimum absolute atomic E-state index is 0.0320. The third kappa shape index (κ3) is 10.9. The summed E-state index contributed by atoms with van der Waals surface area (Å²) in [4.78, 5) is 0. The smallest absolute Gasteiger partial charge is 0.160 e. The molecule has 120 valence electrons. The van der Waals surface area contributed by atoms with Crippen LogP contribution in [0.1, 0.15) is 38.7 Å². The molecule has 0 saturated carbocycles. The molecule has 1 aromatic carbocycles. The summed E-state index contributed by atoms with van der Waals surface area (Å²) in [5, 5.41) is 9.84. The highest BCUT2D eigenvalue weighted by atomic mass is 16.6. The summed E-state index contributed by atoms with van der Waals surface area (Å²) in [5.74, 6) is 5.02. The van der Waals surface area contributed by atoms with Crippen LogP contribution in [0, 0.1) is 11.8 Å². The molecule has 0 bridgehead atoms. The van der Waals surface area contributed by atoms with Crippen molar-refractivity contribution in [2.45, 2.75) is 51.4 Å². The number of hydrogen-bond acceptors (Lipinski definition) is 2. The van der Waals surface area contributed by atoms with E-state index in [9.17, 15) is 5.11 Å². The standard InChI is InChI=1S/C18H24O2.C2H4/c1-4-5-6-7-11-14-17(20-18(2,3)19)15-16-12-9-8-10-13-16;1-2/h4,8-10,12-13,17,19H,1,5,11,14-15H2,2-3H3;1-2H2/t17-;/m0./s1. The van der Waals surface area contributed by atoms with Gasteiger partial charge in [-0.25, -0.2) is 0 Å². The van der Waals surface area contributed by atoms with Crippen LogP contribution in [0.3, 0.4) is 0 Å². The van der Waals surface area contributed by atoms with E-state index in [1.165, 1.54) is 5.56 Å². The topological polar surface area (TPSA) is 29.5 Å². The molecule has 1 N–H and O–H groups in total. The second kappa shape index (κ2) is 11.8. The van der Waals surface area contributed by atoms with Crippen LogP contribution in [-0.2, 0) is 11.2 Å². The third-order valence-electron chi connectivity index (χ3n) is 2.72. The average molecular weight is 300 g/mol. The summed E-state index contributed by atoms with van der Waals surface area (Å²) in [6.45, 7) is 13.0. The summed E-state index contributed by atoms with van der Waals surface area (Å²) in [6, 6.07) is 10.2. The number of hydrogen-bond donors (Lipinski definition) is 1. The van der Waals surface area contributed by atoms with Crippen LogP contribution < -0.4 is 0 Å². The zero-order valence-electron chi connectivity index (χ0n) is 13.8. The Morgan fingerprint density at radius 2 is 1.86 bits per heavy atom. The Labute approximate surface area is 135 Å². The van der Waals surface area contributed by atoms with Gasteiger partial charge in [-0.05, 0) is 32.3 Å². The Morgan fingerprint density at radius 3 is 2.41 bits per heavy atom. The summed E-state index contributed by atoms with van der Waals surface area (Å²) in [6.07, 6.45) is 4.84. The molecule has 0 saturated heterocycles. The van der Waals surface area contributed by atoms with E-state index in [2.05, 4.69) is 43.7 Å². The van der Waals surface area contributed by atoms with Gasteiger partial charge in [0.05, 0.1) is 6.10 Å². The molecular weight excluding hydrogens is 272 g/mol. The van der Waals surface area contributed by atoms with Gasteiger partial charge in [-0.1, -0.05) is 42.3 Å². The fraction of sp³-hybridized carbons (Fsp3) is 0.400. The Bertz CT molecular complexity index is 460. The van der Waals surface area contributed by atoms with E-state index in [0.717, 1.165) is 25.7 Å². The maximum Gasteiger partial charge on any atom is 0.160 e. The Balaban J connectivity index is 0.00000211. The van der Waals surface area contributed by atoms with Crippen molar-refractivity contribution in [2.75, 3.05) is 0 Å². The van der Waals surface area contributed by atoms with Gasteiger partial charge < -0.3 is 9.84 Å². The SMILES string of the molecule is C=C.C=CCC#CCC[C@@H](Cc1ccccc1)OC(C)(C)O. The molecule has 22 heavy (non-hydrogen) atoms. The van der Waals surface area contributed by atoms with E-state index >= 15 is 0 Å². The average Bonchev–Trinajstić information content (AvgIpc) is 2.48. The molecule has 0 fully saturated rings. The van der Waals surface area contributed by atoms with Crippen molar-refractivity contribution < 1.29 is 9.84 Å². The maximum atomic E-state index is 9.84. The third-order valence-corrected chi connectivity index (χ3v) is 2.72. The van der Waals surface area contributed by atoms with Gasteiger partial charge in [-0.2, -0.15) is 0 Å². The molecule has 1 rings (SSSR count). The quantitative estimate of drug-likeness (QED) is 0.456. The van der Waals surface area contributed by atoms with Gasteiger partial charge in [-0.15, -0.1) is 25.7 Å². The van der Waals surface area contributed by atoms with Crippen molar-refractivity contribution in [3.05, 3.63) is 61.7 Å². The van der Waals surface area contributed by atoms with E-state index in [1.807, 2.05) is 18.2 Å². The lowest BCUT2D eigenvalue weighted by Crippen LogP contribution is -2.31. The van der Waals surface area contributed by atoms with Crippen molar-refractivity contribution in [2.24, 2.45) is 0 Å². The van der Waals surface area contributed by atoms with Crippen LogP contribution in [0.25, 0.3) is 0 Å². The lowest BCUT2D eigenvalue weighted by molar-refractivity contribution is -0.206. The summed E-state index contributed by atoms with van der Waals surface area (Å²) in [5.41, 5.74) is 1.21. The van der Waals surface area contributed by atoms with Crippen LogP contribution in [0.5, 0.6) is 0 Å². The predicted molar refractivity (Wildman–Crippen MR) is 94.4 cm³/mol. The van der Waals surface area contributed by atoms with Crippen molar-refractivity contribution in [1.29, 1.82) is 0 Å². The normalized spacial score (nSPS) is 11.4. The Hall–Kier alpha value is -1.82. The van der Waals surface area contributed by atoms with Gasteiger partial charge in [0.1, 0.15) is 0 Å². The van der Waals surface area contributed by atoms with Gasteiger partial charge in [0.15, 0.2) is 5.79 Å². The monoisotopic (exact) mass is 300 g/mol. The minimum Gasteiger partial charge on any atom is -0.366 e. The van der Waals surface area contributed by atoms with Crippen molar-refractivity contribution in [3.8, 4) is 11.8 Å². The largest absolute Gasteiger partial charge is 0.366 e. The number of ether oxygens (including phenoxy) is 1. The fourth-order valence-corrected chi connectivity index (χ4v) is 1.95. The number of allylic oxidation sites excluding steroid dienone is 1. The van der Waals surface area contributed by atoms with Crippen molar-refractivity contribution >= 4 is 0 Å². The molecule has 1 atom stereocenters. The van der Waals surface area contributed by atoms with Crippen LogP contribution in [0.2, 0.25) is 0 Å². The van der Waals surface area contributed by atoms with Crippen LogP contribution in [-0.4, -0.2) is 17.0 Å². The lowest BCUT2D eigenvalue weighted by atomic mass is 10.0. The van der Waals surface area contributed by atoms with E-state index in [4.69, 9.17) is 4.74 Å². The molecule has 0 aliphatic carbocycles. The number of rotatable bonds is 7. The first-order valence-electron chi connectivity index (χ1n) is 7.52. The molecule has 0 unspecified atom stereocenters. The molecule has 2 nitrogen and oxygen atoms in total. The van der Waals surface area contributed by atoms with Crippen LogP contribution in [0.15, 0.2) is 56.1 Å². The first-order valence-corrected chi connectivity index (χ1v) is 7.52. The maximum absolute atomic E-state index is 9.84. The highest BCUT2D eigenvalue weighted by Gasteiger charge is 2.20. The highest BCUT2D eigenvalue weighted by molar-refractivity contribution is 5.15. The van der Waals surface area contributed by atoms with Gasteiger partial charge in [0, 0.05) is 12.8 Å². The van der Waals surface area contributed by atoms with E-state index in [-0.39, 0.29) is 6.10 Å². The molecule has 0 aromatic heterocycles. The minimum atomic E-state index is -1.12. The van der Waals surface area contributed by atoms with Crippen LogP contribution in [0.4, 0.5) is 0 Å². The lowest BCUT2D eigenvalue weighted by Gasteiger charge is -2.26.